The van der Waals surface area contributed by atoms with Gasteiger partial charge in [-0.3, -0.25) is 9.59 Å². The molecular weight excluding hydrogens is 404 g/mol. The highest BCUT2D eigenvalue weighted by Crippen LogP contribution is 2.23. The first kappa shape index (κ1) is 17.8. The van der Waals surface area contributed by atoms with Gasteiger partial charge in [0.1, 0.15) is 0 Å². The molecule has 0 spiro atoms. The Labute approximate surface area is 158 Å². The van der Waals surface area contributed by atoms with E-state index in [-0.39, 0.29) is 11.8 Å². The Morgan fingerprint density at radius 1 is 1.16 bits per heavy atom. The third-order valence-corrected chi connectivity index (χ3v) is 5.30. The van der Waals surface area contributed by atoms with E-state index in [1.54, 1.807) is 46.6 Å². The molecular formula is C18H17BrN2O3S. The number of halogens is 1. The number of ether oxygens (including phenoxy) is 1. The van der Waals surface area contributed by atoms with E-state index in [1.165, 1.54) is 6.08 Å². The molecule has 2 heterocycles. The van der Waals surface area contributed by atoms with Crippen molar-refractivity contribution in [3.8, 4) is 0 Å². The molecule has 0 aliphatic carbocycles. The Balaban J connectivity index is 1.70. The lowest BCUT2D eigenvalue weighted by molar-refractivity contribution is -0.111. The molecule has 0 bridgehead atoms. The molecule has 1 N–H and O–H groups in total. The molecule has 0 atom stereocenters. The zero-order chi connectivity index (χ0) is 17.6. The Morgan fingerprint density at radius 3 is 2.64 bits per heavy atom. The lowest BCUT2D eigenvalue weighted by Gasteiger charge is -2.27. The van der Waals surface area contributed by atoms with Crippen LogP contribution in [-0.4, -0.2) is 43.0 Å². The summed E-state index contributed by atoms with van der Waals surface area (Å²) in [6.45, 7) is 2.21. The van der Waals surface area contributed by atoms with Crippen molar-refractivity contribution in [1.29, 1.82) is 0 Å². The van der Waals surface area contributed by atoms with Crippen molar-refractivity contribution in [3.63, 3.8) is 0 Å². The second-order valence-corrected chi connectivity index (χ2v) is 7.91. The summed E-state index contributed by atoms with van der Waals surface area (Å²) in [5.74, 6) is -0.364. The Hall–Kier alpha value is -1.96. The third-order valence-electron chi connectivity index (χ3n) is 3.71. The maximum atomic E-state index is 12.7. The van der Waals surface area contributed by atoms with Crippen LogP contribution >= 0.6 is 27.3 Å². The van der Waals surface area contributed by atoms with Gasteiger partial charge < -0.3 is 15.0 Å². The first-order valence-corrected chi connectivity index (χ1v) is 9.45. The average molecular weight is 421 g/mol. The van der Waals surface area contributed by atoms with Crippen LogP contribution in [0.4, 0.5) is 5.69 Å². The molecule has 0 saturated carbocycles. The fraction of sp³-hybridized carbons (Fsp3) is 0.222. The molecule has 130 valence electrons. The van der Waals surface area contributed by atoms with E-state index >= 15 is 0 Å². The van der Waals surface area contributed by atoms with E-state index in [4.69, 9.17) is 4.74 Å². The number of anilines is 1. The van der Waals surface area contributed by atoms with E-state index in [0.29, 0.717) is 37.6 Å². The van der Waals surface area contributed by atoms with Gasteiger partial charge in [0, 0.05) is 24.0 Å². The third kappa shape index (κ3) is 4.78. The van der Waals surface area contributed by atoms with Crippen molar-refractivity contribution in [2.24, 2.45) is 0 Å². The van der Waals surface area contributed by atoms with Crippen LogP contribution in [0.1, 0.15) is 15.2 Å². The van der Waals surface area contributed by atoms with Gasteiger partial charge in [-0.2, -0.15) is 0 Å². The molecule has 0 radical (unpaired) electrons. The molecule has 1 saturated heterocycles. The molecule has 1 aliphatic rings. The number of hydrogen-bond donors (Lipinski definition) is 1. The number of carbonyl (C=O) groups is 2. The minimum Gasteiger partial charge on any atom is -0.378 e. The summed E-state index contributed by atoms with van der Waals surface area (Å²) in [7, 11) is 0. The number of hydrogen-bond acceptors (Lipinski definition) is 4. The highest BCUT2D eigenvalue weighted by Gasteiger charge is 2.21. The molecule has 1 aliphatic heterocycles. The van der Waals surface area contributed by atoms with Gasteiger partial charge in [-0.25, -0.2) is 0 Å². The molecule has 25 heavy (non-hydrogen) atoms. The smallest absolute Gasteiger partial charge is 0.256 e. The lowest BCUT2D eigenvalue weighted by atomic mass is 10.1. The summed E-state index contributed by atoms with van der Waals surface area (Å²) in [5.41, 5.74) is 1.01. The SMILES string of the molecule is O=C(/C=C/c1ccc(Br)s1)Nc1ccccc1C(=O)N1CCOCC1. The summed E-state index contributed by atoms with van der Waals surface area (Å²) in [6, 6.07) is 10.9. The van der Waals surface area contributed by atoms with E-state index in [1.807, 2.05) is 12.1 Å². The van der Waals surface area contributed by atoms with Gasteiger partial charge in [-0.15, -0.1) is 11.3 Å². The van der Waals surface area contributed by atoms with Crippen LogP contribution in [0, 0.1) is 0 Å². The molecule has 3 rings (SSSR count). The van der Waals surface area contributed by atoms with Gasteiger partial charge in [0.05, 0.1) is 28.3 Å². The number of benzene rings is 1. The molecule has 1 fully saturated rings. The van der Waals surface area contributed by atoms with Crippen molar-refractivity contribution in [1.82, 2.24) is 4.90 Å². The normalized spacial score (nSPS) is 14.7. The zero-order valence-electron chi connectivity index (χ0n) is 13.4. The minimum absolute atomic E-state index is 0.0923. The van der Waals surface area contributed by atoms with E-state index in [2.05, 4.69) is 21.2 Å². The van der Waals surface area contributed by atoms with Crippen molar-refractivity contribution in [2.75, 3.05) is 31.6 Å². The number of nitrogens with zero attached hydrogens (tertiary/aromatic N) is 1. The monoisotopic (exact) mass is 420 g/mol. The van der Waals surface area contributed by atoms with Crippen LogP contribution in [0.15, 0.2) is 46.3 Å². The number of nitrogens with one attached hydrogen (secondary N) is 1. The second-order valence-electron chi connectivity index (χ2n) is 5.41. The van der Waals surface area contributed by atoms with Gasteiger partial charge in [0.2, 0.25) is 5.91 Å². The van der Waals surface area contributed by atoms with Gasteiger partial charge in [-0.1, -0.05) is 12.1 Å². The van der Waals surface area contributed by atoms with Crippen molar-refractivity contribution in [3.05, 3.63) is 56.7 Å². The minimum atomic E-state index is -0.272. The summed E-state index contributed by atoms with van der Waals surface area (Å²) in [6.07, 6.45) is 3.21. The van der Waals surface area contributed by atoms with Crippen molar-refractivity contribution >= 4 is 50.8 Å². The van der Waals surface area contributed by atoms with E-state index < -0.39 is 0 Å². The zero-order valence-corrected chi connectivity index (χ0v) is 15.8. The molecule has 1 aromatic heterocycles. The summed E-state index contributed by atoms with van der Waals surface area (Å²) in [5, 5.41) is 2.80. The lowest BCUT2D eigenvalue weighted by Crippen LogP contribution is -2.41. The highest BCUT2D eigenvalue weighted by molar-refractivity contribution is 9.11. The molecule has 2 amide bonds. The van der Waals surface area contributed by atoms with Gasteiger partial charge in [0.15, 0.2) is 0 Å². The Bertz CT molecular complexity index is 797. The number of carbonyl (C=O) groups excluding carboxylic acids is 2. The van der Waals surface area contributed by atoms with Crippen LogP contribution in [0.3, 0.4) is 0 Å². The summed E-state index contributed by atoms with van der Waals surface area (Å²) >= 11 is 4.93. The predicted molar refractivity (Wildman–Crippen MR) is 103 cm³/mol. The highest BCUT2D eigenvalue weighted by atomic mass is 79.9. The molecule has 5 nitrogen and oxygen atoms in total. The number of para-hydroxylation sites is 1. The number of rotatable bonds is 4. The maximum Gasteiger partial charge on any atom is 0.256 e. The van der Waals surface area contributed by atoms with Crippen molar-refractivity contribution < 1.29 is 14.3 Å². The van der Waals surface area contributed by atoms with E-state index in [9.17, 15) is 9.59 Å². The molecule has 2 aromatic rings. The predicted octanol–water partition coefficient (Wildman–Crippen LogP) is 3.63. The number of thiophene rings is 1. The van der Waals surface area contributed by atoms with Gasteiger partial charge in [-0.05, 0) is 46.3 Å². The van der Waals surface area contributed by atoms with Crippen LogP contribution in [0.2, 0.25) is 0 Å². The van der Waals surface area contributed by atoms with Gasteiger partial charge >= 0.3 is 0 Å². The van der Waals surface area contributed by atoms with Gasteiger partial charge in [0.25, 0.3) is 5.91 Å². The fourth-order valence-corrected chi connectivity index (χ4v) is 3.79. The quantitative estimate of drug-likeness (QED) is 0.768. The molecule has 0 unspecified atom stereocenters. The second kappa shape index (κ2) is 8.42. The average Bonchev–Trinajstić information content (AvgIpc) is 3.06. The van der Waals surface area contributed by atoms with Crippen LogP contribution in [0.5, 0.6) is 0 Å². The topological polar surface area (TPSA) is 58.6 Å². The molecule has 1 aromatic carbocycles. The first-order valence-electron chi connectivity index (χ1n) is 7.84. The largest absolute Gasteiger partial charge is 0.378 e. The fourth-order valence-electron chi connectivity index (χ4n) is 2.47. The summed E-state index contributed by atoms with van der Waals surface area (Å²) in [4.78, 5) is 27.6. The maximum absolute atomic E-state index is 12.7. The number of morpholine rings is 1. The summed E-state index contributed by atoms with van der Waals surface area (Å²) < 4.78 is 6.29. The standard InChI is InChI=1S/C18H17BrN2O3S/c19-16-7-5-13(25-16)6-8-17(22)20-15-4-2-1-3-14(15)18(23)21-9-11-24-12-10-21/h1-8H,9-12H2,(H,20,22)/b8-6+. The Morgan fingerprint density at radius 2 is 1.92 bits per heavy atom. The first-order chi connectivity index (χ1) is 12.1. The van der Waals surface area contributed by atoms with Crippen LogP contribution < -0.4 is 5.32 Å². The van der Waals surface area contributed by atoms with Crippen LogP contribution in [0.25, 0.3) is 6.08 Å². The number of amides is 2. The van der Waals surface area contributed by atoms with Crippen LogP contribution in [-0.2, 0) is 9.53 Å². The van der Waals surface area contributed by atoms with E-state index in [0.717, 1.165) is 8.66 Å². The van der Waals surface area contributed by atoms with Crippen molar-refractivity contribution in [2.45, 2.75) is 0 Å². The Kier molecular flexibility index (Phi) is 6.01. The molecule has 7 heteroatoms.